The van der Waals surface area contributed by atoms with E-state index in [9.17, 15) is 5.11 Å². The summed E-state index contributed by atoms with van der Waals surface area (Å²) in [5.74, 6) is 1.18. The third-order valence-corrected chi connectivity index (χ3v) is 6.50. The van der Waals surface area contributed by atoms with Gasteiger partial charge in [0.25, 0.3) is 0 Å². The van der Waals surface area contributed by atoms with Crippen LogP contribution in [0.25, 0.3) is 0 Å². The number of hydrogen-bond acceptors (Lipinski definition) is 1. The standard InChI is InChI=1S/C20H32O/c1-6-15(2)8-10-17-16(3)9-11-18-19(4,14-21)12-7-13-20(17,18)5/h6,8,17-18,21H,1,3,7,9-14H2,2,4-5H3/b15-8+/t17-,18+,19+,20+/m0/s1. The lowest BCUT2D eigenvalue weighted by molar-refractivity contribution is -0.0837. The van der Waals surface area contributed by atoms with Crippen LogP contribution in [0.1, 0.15) is 59.3 Å². The molecule has 0 aromatic carbocycles. The van der Waals surface area contributed by atoms with E-state index >= 15 is 0 Å². The Labute approximate surface area is 130 Å². The van der Waals surface area contributed by atoms with Crippen molar-refractivity contribution in [3.05, 3.63) is 36.5 Å². The second-order valence-corrected chi connectivity index (χ2v) is 7.86. The van der Waals surface area contributed by atoms with Gasteiger partial charge in [0.1, 0.15) is 0 Å². The van der Waals surface area contributed by atoms with Gasteiger partial charge in [-0.2, -0.15) is 0 Å². The van der Waals surface area contributed by atoms with Gasteiger partial charge in [0.05, 0.1) is 0 Å². The highest BCUT2D eigenvalue weighted by Crippen LogP contribution is 2.61. The number of hydrogen-bond donors (Lipinski definition) is 1. The summed E-state index contributed by atoms with van der Waals surface area (Å²) in [6.07, 6.45) is 11.3. The van der Waals surface area contributed by atoms with E-state index in [1.54, 1.807) is 0 Å². The zero-order chi connectivity index (χ0) is 15.7. The molecule has 0 radical (unpaired) electrons. The third kappa shape index (κ3) is 2.90. The lowest BCUT2D eigenvalue weighted by Gasteiger charge is -2.58. The van der Waals surface area contributed by atoms with Gasteiger partial charge >= 0.3 is 0 Å². The maximum atomic E-state index is 9.96. The molecule has 1 N–H and O–H groups in total. The van der Waals surface area contributed by atoms with Crippen molar-refractivity contribution in [2.45, 2.75) is 59.3 Å². The van der Waals surface area contributed by atoms with E-state index in [0.29, 0.717) is 23.9 Å². The van der Waals surface area contributed by atoms with E-state index in [1.165, 1.54) is 36.8 Å². The molecule has 1 heteroatoms. The van der Waals surface area contributed by atoms with Gasteiger partial charge in [-0.3, -0.25) is 0 Å². The molecule has 0 heterocycles. The second kappa shape index (κ2) is 6.12. The first-order chi connectivity index (χ1) is 9.87. The Morgan fingerprint density at radius 1 is 1.38 bits per heavy atom. The molecule has 2 fully saturated rings. The fourth-order valence-electron chi connectivity index (χ4n) is 5.10. The van der Waals surface area contributed by atoms with Crippen LogP contribution in [-0.2, 0) is 0 Å². The topological polar surface area (TPSA) is 20.2 Å². The average Bonchev–Trinajstić information content (AvgIpc) is 2.45. The molecule has 0 spiro atoms. The van der Waals surface area contributed by atoms with Crippen molar-refractivity contribution in [3.63, 3.8) is 0 Å². The Morgan fingerprint density at radius 2 is 2.10 bits per heavy atom. The summed E-state index contributed by atoms with van der Waals surface area (Å²) >= 11 is 0. The highest BCUT2D eigenvalue weighted by Gasteiger charge is 2.53. The molecule has 0 aromatic heterocycles. The van der Waals surface area contributed by atoms with Gasteiger partial charge in [-0.1, -0.05) is 56.7 Å². The van der Waals surface area contributed by atoms with Crippen LogP contribution in [0.3, 0.4) is 0 Å². The molecule has 2 aliphatic carbocycles. The Balaban J connectivity index is 2.31. The largest absolute Gasteiger partial charge is 0.396 e. The summed E-state index contributed by atoms with van der Waals surface area (Å²) < 4.78 is 0. The molecule has 118 valence electrons. The molecule has 2 rings (SSSR count). The molecular formula is C20H32O. The Bertz CT molecular complexity index is 447. The molecule has 4 atom stereocenters. The minimum Gasteiger partial charge on any atom is -0.396 e. The first-order valence-corrected chi connectivity index (χ1v) is 8.45. The highest BCUT2D eigenvalue weighted by atomic mass is 16.3. The van der Waals surface area contributed by atoms with Crippen LogP contribution in [0.15, 0.2) is 36.5 Å². The van der Waals surface area contributed by atoms with Gasteiger partial charge in [-0.15, -0.1) is 0 Å². The van der Waals surface area contributed by atoms with Crippen molar-refractivity contribution in [1.82, 2.24) is 0 Å². The third-order valence-electron chi connectivity index (χ3n) is 6.50. The fourth-order valence-corrected chi connectivity index (χ4v) is 5.10. The molecule has 2 aliphatic rings. The van der Waals surface area contributed by atoms with Crippen LogP contribution in [0.4, 0.5) is 0 Å². The van der Waals surface area contributed by atoms with Gasteiger partial charge in [-0.25, -0.2) is 0 Å². The van der Waals surface area contributed by atoms with E-state index in [4.69, 9.17) is 0 Å². The van der Waals surface area contributed by atoms with Crippen molar-refractivity contribution in [2.75, 3.05) is 6.61 Å². The summed E-state index contributed by atoms with van der Waals surface area (Å²) in [6, 6.07) is 0. The van der Waals surface area contributed by atoms with Gasteiger partial charge in [-0.05, 0) is 61.7 Å². The van der Waals surface area contributed by atoms with E-state index in [-0.39, 0.29) is 5.41 Å². The lowest BCUT2D eigenvalue weighted by atomic mass is 9.47. The van der Waals surface area contributed by atoms with Gasteiger partial charge < -0.3 is 5.11 Å². The summed E-state index contributed by atoms with van der Waals surface area (Å²) in [7, 11) is 0. The molecule has 0 bridgehead atoms. The number of fused-ring (bicyclic) bond motifs is 1. The minimum atomic E-state index is 0.100. The van der Waals surface area contributed by atoms with E-state index in [1.807, 2.05) is 6.08 Å². The van der Waals surface area contributed by atoms with Crippen LogP contribution in [-0.4, -0.2) is 11.7 Å². The number of aliphatic hydroxyl groups excluding tert-OH is 1. The Kier molecular flexibility index (Phi) is 4.82. The van der Waals surface area contributed by atoms with Crippen molar-refractivity contribution in [3.8, 4) is 0 Å². The van der Waals surface area contributed by atoms with Crippen LogP contribution >= 0.6 is 0 Å². The van der Waals surface area contributed by atoms with Crippen molar-refractivity contribution < 1.29 is 5.11 Å². The zero-order valence-corrected chi connectivity index (χ0v) is 14.1. The first-order valence-electron chi connectivity index (χ1n) is 8.45. The monoisotopic (exact) mass is 288 g/mol. The first kappa shape index (κ1) is 16.5. The zero-order valence-electron chi connectivity index (χ0n) is 14.1. The van der Waals surface area contributed by atoms with E-state index in [0.717, 1.165) is 12.8 Å². The molecule has 1 nitrogen and oxygen atoms in total. The number of aliphatic hydroxyl groups is 1. The maximum absolute atomic E-state index is 9.96. The normalized spacial score (nSPS) is 40.8. The Morgan fingerprint density at radius 3 is 2.71 bits per heavy atom. The second-order valence-electron chi connectivity index (χ2n) is 7.86. The molecule has 2 saturated carbocycles. The predicted octanol–water partition coefficient (Wildman–Crippen LogP) is 5.28. The van der Waals surface area contributed by atoms with Crippen LogP contribution in [0.5, 0.6) is 0 Å². The Hall–Kier alpha value is -0.820. The fraction of sp³-hybridized carbons (Fsp3) is 0.700. The molecule has 0 saturated heterocycles. The summed E-state index contributed by atoms with van der Waals surface area (Å²) in [5, 5.41) is 9.96. The average molecular weight is 288 g/mol. The summed E-state index contributed by atoms with van der Waals surface area (Å²) in [5.41, 5.74) is 3.07. The molecule has 0 unspecified atom stereocenters. The molecular weight excluding hydrogens is 256 g/mol. The quantitative estimate of drug-likeness (QED) is 0.551. The van der Waals surface area contributed by atoms with Crippen LogP contribution in [0, 0.1) is 22.7 Å². The minimum absolute atomic E-state index is 0.100. The van der Waals surface area contributed by atoms with Gasteiger partial charge in [0, 0.05) is 6.61 Å². The number of rotatable bonds is 4. The molecule has 0 aliphatic heterocycles. The van der Waals surface area contributed by atoms with E-state index in [2.05, 4.69) is 40.0 Å². The maximum Gasteiger partial charge on any atom is 0.0487 e. The molecule has 0 amide bonds. The molecule has 21 heavy (non-hydrogen) atoms. The van der Waals surface area contributed by atoms with Crippen LogP contribution in [0.2, 0.25) is 0 Å². The summed E-state index contributed by atoms with van der Waals surface area (Å²) in [4.78, 5) is 0. The number of allylic oxidation sites excluding steroid dienone is 4. The lowest BCUT2D eigenvalue weighted by Crippen LogP contribution is -2.51. The van der Waals surface area contributed by atoms with E-state index < -0.39 is 0 Å². The smallest absolute Gasteiger partial charge is 0.0487 e. The summed E-state index contributed by atoms with van der Waals surface area (Å²) in [6.45, 7) is 15.4. The highest BCUT2D eigenvalue weighted by molar-refractivity contribution is 5.20. The molecule has 0 aromatic rings. The van der Waals surface area contributed by atoms with Crippen molar-refractivity contribution >= 4 is 0 Å². The van der Waals surface area contributed by atoms with Gasteiger partial charge in [0.2, 0.25) is 0 Å². The van der Waals surface area contributed by atoms with Crippen LogP contribution < -0.4 is 0 Å². The van der Waals surface area contributed by atoms with Crippen molar-refractivity contribution in [2.24, 2.45) is 22.7 Å². The predicted molar refractivity (Wildman–Crippen MR) is 91.1 cm³/mol. The van der Waals surface area contributed by atoms with Gasteiger partial charge in [0.15, 0.2) is 0 Å². The van der Waals surface area contributed by atoms with Crippen molar-refractivity contribution in [1.29, 1.82) is 0 Å². The SMILES string of the molecule is C=C/C(C)=C/C[C@H]1C(=C)CC[C@@H]2[C@@](C)(CO)CCC[C@@]21C.